The minimum atomic E-state index is -0.780. The monoisotopic (exact) mass is 404 g/mol. The molecule has 3 rings (SSSR count). The van der Waals surface area contributed by atoms with Crippen LogP contribution >= 0.6 is 23.1 Å². The third kappa shape index (κ3) is 4.90. The van der Waals surface area contributed by atoms with Gasteiger partial charge in [0.05, 0.1) is 17.9 Å². The van der Waals surface area contributed by atoms with E-state index in [1.807, 2.05) is 30.3 Å². The molecular formula is C19H20N2O4S2. The van der Waals surface area contributed by atoms with Crippen LogP contribution in [0.4, 0.5) is 9.80 Å². The van der Waals surface area contributed by atoms with Gasteiger partial charge < -0.3 is 10.1 Å². The molecule has 0 spiro atoms. The number of nitrogens with one attached hydrogen (secondary N) is 2. The van der Waals surface area contributed by atoms with Crippen molar-refractivity contribution >= 4 is 46.0 Å². The Kier molecular flexibility index (Phi) is 6.52. The van der Waals surface area contributed by atoms with Gasteiger partial charge in [-0.25, -0.2) is 4.79 Å². The number of carbonyl (C=O) groups excluding carboxylic acids is 3. The van der Waals surface area contributed by atoms with Crippen molar-refractivity contribution in [3.63, 3.8) is 0 Å². The van der Waals surface area contributed by atoms with E-state index in [0.29, 0.717) is 10.6 Å². The highest BCUT2D eigenvalue weighted by Crippen LogP contribution is 2.39. The molecule has 142 valence electrons. The summed E-state index contributed by atoms with van der Waals surface area (Å²) in [7, 11) is 0. The summed E-state index contributed by atoms with van der Waals surface area (Å²) in [6, 6.07) is 9.64. The van der Waals surface area contributed by atoms with Gasteiger partial charge in [-0.3, -0.25) is 14.9 Å². The fourth-order valence-corrected chi connectivity index (χ4v) is 4.91. The van der Waals surface area contributed by atoms with Gasteiger partial charge in [0, 0.05) is 9.77 Å². The van der Waals surface area contributed by atoms with Crippen molar-refractivity contribution in [2.45, 2.75) is 31.1 Å². The van der Waals surface area contributed by atoms with Crippen LogP contribution in [-0.2, 0) is 22.4 Å². The quantitative estimate of drug-likeness (QED) is 0.715. The lowest BCUT2D eigenvalue weighted by Crippen LogP contribution is -2.32. The second kappa shape index (κ2) is 9.05. The first-order valence-electron chi connectivity index (χ1n) is 8.68. The predicted octanol–water partition coefficient (Wildman–Crippen LogP) is 3.85. The average Bonchev–Trinajstić information content (AvgIpc) is 3.21. The lowest BCUT2D eigenvalue weighted by atomic mass is 10.1. The fourth-order valence-electron chi connectivity index (χ4n) is 2.88. The Morgan fingerprint density at radius 1 is 1.19 bits per heavy atom. The second-order valence-electron chi connectivity index (χ2n) is 5.89. The van der Waals surface area contributed by atoms with Crippen LogP contribution in [0, 0.1) is 0 Å². The van der Waals surface area contributed by atoms with E-state index >= 15 is 0 Å². The smallest absolute Gasteiger partial charge is 0.414 e. The molecule has 8 heteroatoms. The van der Waals surface area contributed by atoms with Gasteiger partial charge in [0.1, 0.15) is 5.00 Å². The number of carbonyl (C=O) groups is 3. The molecule has 0 fully saturated rings. The number of ether oxygens (including phenoxy) is 1. The Morgan fingerprint density at radius 3 is 2.70 bits per heavy atom. The highest BCUT2D eigenvalue weighted by molar-refractivity contribution is 8.00. The molecule has 27 heavy (non-hydrogen) atoms. The van der Waals surface area contributed by atoms with Gasteiger partial charge in [0.2, 0.25) is 5.91 Å². The molecule has 3 amide bonds. The first-order valence-corrected chi connectivity index (χ1v) is 10.5. The molecule has 0 saturated carbocycles. The molecule has 0 aliphatic heterocycles. The predicted molar refractivity (Wildman–Crippen MR) is 107 cm³/mol. The summed E-state index contributed by atoms with van der Waals surface area (Å²) >= 11 is 2.84. The molecule has 1 heterocycles. The average molecular weight is 405 g/mol. The van der Waals surface area contributed by atoms with Crippen molar-refractivity contribution in [2.24, 2.45) is 0 Å². The van der Waals surface area contributed by atoms with Crippen molar-refractivity contribution in [1.29, 1.82) is 0 Å². The van der Waals surface area contributed by atoms with Crippen LogP contribution in [0.5, 0.6) is 0 Å². The third-order valence-corrected chi connectivity index (χ3v) is 6.22. The van der Waals surface area contributed by atoms with Crippen LogP contribution in [0.1, 0.15) is 34.1 Å². The molecule has 0 radical (unpaired) electrons. The molecule has 6 nitrogen and oxygen atoms in total. The number of aryl methyl sites for hydroxylation is 1. The van der Waals surface area contributed by atoms with Gasteiger partial charge in [-0.2, -0.15) is 0 Å². The summed E-state index contributed by atoms with van der Waals surface area (Å²) < 4.78 is 4.78. The van der Waals surface area contributed by atoms with Crippen molar-refractivity contribution < 1.29 is 19.1 Å². The molecule has 1 aliphatic carbocycles. The van der Waals surface area contributed by atoms with Crippen LogP contribution < -0.4 is 10.6 Å². The number of hydrogen-bond acceptors (Lipinski definition) is 6. The maximum absolute atomic E-state index is 12.6. The molecule has 1 aliphatic rings. The SMILES string of the molecule is CCOC(=O)NC(=O)c1c(NC(=O)CSc2ccccc2)sc2c1CCC2. The third-order valence-electron chi connectivity index (χ3n) is 4.01. The van der Waals surface area contributed by atoms with Crippen LogP contribution in [0.3, 0.4) is 0 Å². The van der Waals surface area contributed by atoms with Crippen LogP contribution in [0.2, 0.25) is 0 Å². The lowest BCUT2D eigenvalue weighted by Gasteiger charge is -2.09. The summed E-state index contributed by atoms with van der Waals surface area (Å²) in [5, 5.41) is 5.58. The molecule has 0 unspecified atom stereocenters. The summed E-state index contributed by atoms with van der Waals surface area (Å²) in [5.74, 6) is -0.473. The molecule has 2 N–H and O–H groups in total. The van der Waals surface area contributed by atoms with E-state index in [0.717, 1.165) is 34.6 Å². The zero-order valence-electron chi connectivity index (χ0n) is 14.9. The molecule has 0 atom stereocenters. The Hall–Kier alpha value is -2.32. The van der Waals surface area contributed by atoms with Crippen LogP contribution in [0.25, 0.3) is 0 Å². The number of fused-ring (bicyclic) bond motifs is 1. The topological polar surface area (TPSA) is 84.5 Å². The van der Waals surface area contributed by atoms with Gasteiger partial charge in [-0.1, -0.05) is 18.2 Å². The van der Waals surface area contributed by atoms with Crippen molar-refractivity contribution in [3.05, 3.63) is 46.3 Å². The second-order valence-corrected chi connectivity index (χ2v) is 8.04. The first kappa shape index (κ1) is 19.4. The number of benzene rings is 1. The largest absolute Gasteiger partial charge is 0.450 e. The van der Waals surface area contributed by atoms with E-state index in [2.05, 4.69) is 10.6 Å². The molecule has 0 bridgehead atoms. The maximum atomic E-state index is 12.6. The lowest BCUT2D eigenvalue weighted by molar-refractivity contribution is -0.113. The Morgan fingerprint density at radius 2 is 1.96 bits per heavy atom. The number of thiophene rings is 1. The minimum Gasteiger partial charge on any atom is -0.450 e. The van der Waals surface area contributed by atoms with E-state index in [4.69, 9.17) is 4.74 Å². The fraction of sp³-hybridized carbons (Fsp3) is 0.316. The highest BCUT2D eigenvalue weighted by atomic mass is 32.2. The summed E-state index contributed by atoms with van der Waals surface area (Å²) in [6.45, 7) is 1.85. The van der Waals surface area contributed by atoms with Crippen LogP contribution in [0.15, 0.2) is 35.2 Å². The molecular weight excluding hydrogens is 384 g/mol. The van der Waals surface area contributed by atoms with Gasteiger partial charge in [-0.15, -0.1) is 23.1 Å². The maximum Gasteiger partial charge on any atom is 0.414 e. The number of hydrogen-bond donors (Lipinski definition) is 2. The molecule has 1 aromatic heterocycles. The number of thioether (sulfide) groups is 1. The summed E-state index contributed by atoms with van der Waals surface area (Å²) in [5.41, 5.74) is 1.31. The van der Waals surface area contributed by atoms with Crippen molar-refractivity contribution in [1.82, 2.24) is 5.32 Å². The minimum absolute atomic E-state index is 0.182. The van der Waals surface area contributed by atoms with Gasteiger partial charge in [0.15, 0.2) is 0 Å². The van der Waals surface area contributed by atoms with Gasteiger partial charge >= 0.3 is 6.09 Å². The standard InChI is InChI=1S/C19H20N2O4S2/c1-2-25-19(24)21-17(23)16-13-9-6-10-14(13)27-18(16)20-15(22)11-26-12-7-4-3-5-8-12/h3-5,7-8H,2,6,9-11H2,1H3,(H,20,22)(H,21,23,24). The Balaban J connectivity index is 1.70. The van der Waals surface area contributed by atoms with Crippen LogP contribution in [-0.4, -0.2) is 30.3 Å². The van der Waals surface area contributed by atoms with E-state index in [9.17, 15) is 14.4 Å². The molecule has 0 saturated heterocycles. The van der Waals surface area contributed by atoms with E-state index in [1.54, 1.807) is 6.92 Å². The number of rotatable bonds is 6. The van der Waals surface area contributed by atoms with Crippen molar-refractivity contribution in [3.8, 4) is 0 Å². The number of amides is 3. The van der Waals surface area contributed by atoms with E-state index in [-0.39, 0.29) is 18.3 Å². The number of imide groups is 1. The van der Waals surface area contributed by atoms with Gasteiger partial charge in [-0.05, 0) is 43.9 Å². The number of anilines is 1. The summed E-state index contributed by atoms with van der Waals surface area (Å²) in [6.07, 6.45) is 1.84. The zero-order valence-corrected chi connectivity index (χ0v) is 16.5. The normalized spacial score (nSPS) is 12.3. The Labute approximate surface area is 165 Å². The highest BCUT2D eigenvalue weighted by Gasteiger charge is 2.28. The molecule has 1 aromatic carbocycles. The number of alkyl carbamates (subject to hydrolysis) is 1. The Bertz CT molecular complexity index is 849. The van der Waals surface area contributed by atoms with E-state index < -0.39 is 12.0 Å². The van der Waals surface area contributed by atoms with E-state index in [1.165, 1.54) is 23.1 Å². The zero-order chi connectivity index (χ0) is 19.2. The van der Waals surface area contributed by atoms with Gasteiger partial charge in [0.25, 0.3) is 5.91 Å². The first-order chi connectivity index (χ1) is 13.1. The van der Waals surface area contributed by atoms with Crippen molar-refractivity contribution in [2.75, 3.05) is 17.7 Å². The summed E-state index contributed by atoms with van der Waals surface area (Å²) in [4.78, 5) is 38.6. The molecule has 2 aromatic rings.